The van der Waals surface area contributed by atoms with Crippen LogP contribution in [-0.4, -0.2) is 47.7 Å². The summed E-state index contributed by atoms with van der Waals surface area (Å²) >= 11 is 0. The largest absolute Gasteiger partial charge is 0.390 e. The first-order valence-electron chi connectivity index (χ1n) is 8.15. The summed E-state index contributed by atoms with van der Waals surface area (Å²) in [5.41, 5.74) is 1.07. The Bertz CT molecular complexity index is 527. The third kappa shape index (κ3) is 3.92. The highest BCUT2D eigenvalue weighted by molar-refractivity contribution is 5.16. The average Bonchev–Trinajstić information content (AvgIpc) is 2.99. The summed E-state index contributed by atoms with van der Waals surface area (Å²) in [6.45, 7) is 7.91. The summed E-state index contributed by atoms with van der Waals surface area (Å²) < 4.78 is 23.5. The van der Waals surface area contributed by atoms with Crippen LogP contribution in [-0.2, 0) is 25.4 Å². The number of benzene rings is 1. The molecule has 4 atom stereocenters. The van der Waals surface area contributed by atoms with Crippen LogP contribution in [0.15, 0.2) is 30.3 Å². The van der Waals surface area contributed by atoms with E-state index in [4.69, 9.17) is 18.9 Å². The second-order valence-corrected chi connectivity index (χ2v) is 7.19. The quantitative estimate of drug-likeness (QED) is 0.921. The number of ether oxygens (including phenoxy) is 4. The standard InChI is InChI=1S/C18H26O5/c1-17(2)20-11-14(21-17)16-15(22-18(3,4)23-16)13(19)10-12-8-6-5-7-9-12/h5-9,13-16,19H,10-11H2,1-4H3/t13-,14+,15-,16-/m0/s1. The van der Waals surface area contributed by atoms with E-state index in [0.717, 1.165) is 5.56 Å². The number of hydrogen-bond donors (Lipinski definition) is 1. The van der Waals surface area contributed by atoms with Crippen LogP contribution in [0.25, 0.3) is 0 Å². The molecule has 128 valence electrons. The van der Waals surface area contributed by atoms with Gasteiger partial charge in [-0.25, -0.2) is 0 Å². The van der Waals surface area contributed by atoms with E-state index in [1.165, 1.54) is 0 Å². The van der Waals surface area contributed by atoms with Crippen molar-refractivity contribution in [3.05, 3.63) is 35.9 Å². The third-order valence-electron chi connectivity index (χ3n) is 4.23. The highest BCUT2D eigenvalue weighted by atomic mass is 16.8. The molecule has 1 aromatic carbocycles. The van der Waals surface area contributed by atoms with Crippen molar-refractivity contribution in [3.8, 4) is 0 Å². The van der Waals surface area contributed by atoms with Crippen LogP contribution in [0.3, 0.4) is 0 Å². The molecule has 2 fully saturated rings. The molecular formula is C18H26O5. The first-order chi connectivity index (χ1) is 10.8. The maximum atomic E-state index is 10.7. The van der Waals surface area contributed by atoms with E-state index >= 15 is 0 Å². The molecule has 1 N–H and O–H groups in total. The van der Waals surface area contributed by atoms with Gasteiger partial charge in [0.15, 0.2) is 11.6 Å². The van der Waals surface area contributed by atoms with Crippen molar-refractivity contribution >= 4 is 0 Å². The molecule has 2 saturated heterocycles. The van der Waals surface area contributed by atoms with Crippen LogP contribution in [0, 0.1) is 0 Å². The monoisotopic (exact) mass is 322 g/mol. The lowest BCUT2D eigenvalue weighted by molar-refractivity contribution is -0.175. The SMILES string of the molecule is CC1(C)O[C@@H]([C@@H](O)Cc2ccccc2)[C@H]([C@H]2COC(C)(C)O2)O1. The molecule has 0 aromatic heterocycles. The van der Waals surface area contributed by atoms with E-state index in [1.807, 2.05) is 58.0 Å². The first kappa shape index (κ1) is 16.9. The number of rotatable bonds is 4. The summed E-state index contributed by atoms with van der Waals surface area (Å²) in [5.74, 6) is -1.38. The van der Waals surface area contributed by atoms with Gasteiger partial charge >= 0.3 is 0 Å². The molecule has 3 rings (SSSR count). The van der Waals surface area contributed by atoms with Gasteiger partial charge in [0, 0.05) is 6.42 Å². The van der Waals surface area contributed by atoms with Crippen LogP contribution in [0.2, 0.25) is 0 Å². The molecular weight excluding hydrogens is 296 g/mol. The molecule has 5 heteroatoms. The van der Waals surface area contributed by atoms with E-state index in [2.05, 4.69) is 0 Å². The fourth-order valence-corrected chi connectivity index (χ4v) is 3.25. The molecule has 23 heavy (non-hydrogen) atoms. The lowest BCUT2D eigenvalue weighted by Crippen LogP contribution is -2.44. The Kier molecular flexibility index (Phi) is 4.51. The van der Waals surface area contributed by atoms with Crippen molar-refractivity contribution in [2.75, 3.05) is 6.61 Å². The van der Waals surface area contributed by atoms with Gasteiger partial charge in [-0.15, -0.1) is 0 Å². The van der Waals surface area contributed by atoms with Crippen LogP contribution in [0.1, 0.15) is 33.3 Å². The Morgan fingerprint density at radius 3 is 2.35 bits per heavy atom. The molecule has 0 unspecified atom stereocenters. The molecule has 0 aliphatic carbocycles. The van der Waals surface area contributed by atoms with Crippen molar-refractivity contribution in [1.82, 2.24) is 0 Å². The Morgan fingerprint density at radius 1 is 1.04 bits per heavy atom. The van der Waals surface area contributed by atoms with Crippen molar-refractivity contribution < 1.29 is 24.1 Å². The van der Waals surface area contributed by atoms with Gasteiger partial charge in [0.05, 0.1) is 12.7 Å². The van der Waals surface area contributed by atoms with E-state index in [0.29, 0.717) is 13.0 Å². The Balaban J connectivity index is 1.73. The van der Waals surface area contributed by atoms with Crippen LogP contribution in [0.4, 0.5) is 0 Å². The topological polar surface area (TPSA) is 57.2 Å². The Hall–Kier alpha value is -0.980. The fourth-order valence-electron chi connectivity index (χ4n) is 3.25. The van der Waals surface area contributed by atoms with E-state index in [9.17, 15) is 5.11 Å². The normalized spacial score (nSPS) is 33.7. The van der Waals surface area contributed by atoms with Gasteiger partial charge in [-0.3, -0.25) is 0 Å². The summed E-state index contributed by atoms with van der Waals surface area (Å²) in [7, 11) is 0. The van der Waals surface area contributed by atoms with Gasteiger partial charge in [-0.1, -0.05) is 30.3 Å². The molecule has 0 bridgehead atoms. The van der Waals surface area contributed by atoms with Gasteiger partial charge in [-0.2, -0.15) is 0 Å². The summed E-state index contributed by atoms with van der Waals surface area (Å²) in [5, 5.41) is 10.7. The number of aliphatic hydroxyl groups is 1. The molecule has 2 heterocycles. The molecule has 0 radical (unpaired) electrons. The van der Waals surface area contributed by atoms with Crippen molar-refractivity contribution in [2.45, 2.75) is 70.1 Å². The van der Waals surface area contributed by atoms with E-state index < -0.39 is 23.8 Å². The first-order valence-corrected chi connectivity index (χ1v) is 8.15. The second-order valence-electron chi connectivity index (χ2n) is 7.19. The molecule has 2 aliphatic rings. The average molecular weight is 322 g/mol. The second kappa shape index (κ2) is 6.15. The van der Waals surface area contributed by atoms with Crippen LogP contribution >= 0.6 is 0 Å². The lowest BCUT2D eigenvalue weighted by Gasteiger charge is -2.26. The van der Waals surface area contributed by atoms with Gasteiger partial charge in [0.2, 0.25) is 0 Å². The highest BCUT2D eigenvalue weighted by Crippen LogP contribution is 2.37. The maximum absolute atomic E-state index is 10.7. The predicted octanol–water partition coefficient (Wildman–Crippen LogP) is 2.26. The van der Waals surface area contributed by atoms with Gasteiger partial charge in [0.1, 0.15) is 18.3 Å². The highest BCUT2D eigenvalue weighted by Gasteiger charge is 2.51. The lowest BCUT2D eigenvalue weighted by atomic mass is 9.98. The zero-order chi connectivity index (χ0) is 16.7. The van der Waals surface area contributed by atoms with Crippen LogP contribution < -0.4 is 0 Å². The molecule has 0 amide bonds. The molecule has 2 aliphatic heterocycles. The van der Waals surface area contributed by atoms with Gasteiger partial charge in [0.25, 0.3) is 0 Å². The molecule has 0 saturated carbocycles. The van der Waals surface area contributed by atoms with Crippen LogP contribution in [0.5, 0.6) is 0 Å². The minimum Gasteiger partial charge on any atom is -0.390 e. The van der Waals surface area contributed by atoms with Crippen molar-refractivity contribution in [1.29, 1.82) is 0 Å². The maximum Gasteiger partial charge on any atom is 0.164 e. The molecule has 0 spiro atoms. The minimum atomic E-state index is -0.747. The number of hydrogen-bond acceptors (Lipinski definition) is 5. The Labute approximate surface area is 137 Å². The van der Waals surface area contributed by atoms with E-state index in [-0.39, 0.29) is 12.2 Å². The zero-order valence-corrected chi connectivity index (χ0v) is 14.2. The summed E-state index contributed by atoms with van der Waals surface area (Å²) in [6.07, 6.45) is -1.21. The van der Waals surface area contributed by atoms with Crippen molar-refractivity contribution in [2.24, 2.45) is 0 Å². The summed E-state index contributed by atoms with van der Waals surface area (Å²) in [6, 6.07) is 9.88. The van der Waals surface area contributed by atoms with Crippen molar-refractivity contribution in [3.63, 3.8) is 0 Å². The third-order valence-corrected chi connectivity index (χ3v) is 4.23. The predicted molar refractivity (Wildman–Crippen MR) is 84.9 cm³/mol. The minimum absolute atomic E-state index is 0.248. The van der Waals surface area contributed by atoms with Gasteiger partial charge in [-0.05, 0) is 33.3 Å². The zero-order valence-electron chi connectivity index (χ0n) is 14.2. The smallest absolute Gasteiger partial charge is 0.164 e. The molecule has 5 nitrogen and oxygen atoms in total. The summed E-state index contributed by atoms with van der Waals surface area (Å²) in [4.78, 5) is 0. The Morgan fingerprint density at radius 2 is 1.74 bits per heavy atom. The fraction of sp³-hybridized carbons (Fsp3) is 0.667. The van der Waals surface area contributed by atoms with E-state index in [1.54, 1.807) is 0 Å². The molecule has 1 aromatic rings. The van der Waals surface area contributed by atoms with Gasteiger partial charge < -0.3 is 24.1 Å². The number of aliphatic hydroxyl groups excluding tert-OH is 1.